The Hall–Kier alpha value is -2.22. The summed E-state index contributed by atoms with van der Waals surface area (Å²) in [6.45, 7) is 5.10. The van der Waals surface area contributed by atoms with Gasteiger partial charge in [-0.1, -0.05) is 30.1 Å². The third-order valence-electron chi connectivity index (χ3n) is 5.18. The van der Waals surface area contributed by atoms with Gasteiger partial charge in [0.2, 0.25) is 5.91 Å². The number of halogens is 2. The maximum Gasteiger partial charge on any atom is 0.322 e. The molecule has 2 aromatic rings. The minimum atomic E-state index is -0.391. The number of aromatic nitrogens is 1. The number of aryl methyl sites for hydroxylation is 1. The van der Waals surface area contributed by atoms with E-state index in [0.717, 1.165) is 5.69 Å². The molecule has 1 heterocycles. The van der Waals surface area contributed by atoms with Gasteiger partial charge in [-0.3, -0.25) is 4.79 Å². The Morgan fingerprint density at radius 2 is 2.00 bits per heavy atom. The zero-order valence-corrected chi connectivity index (χ0v) is 19.9. The average molecular weight is 469 g/mol. The van der Waals surface area contributed by atoms with Crippen LogP contribution in [-0.2, 0) is 23.1 Å². The van der Waals surface area contributed by atoms with Crippen LogP contribution in [-0.4, -0.2) is 59.2 Å². The molecule has 2 rings (SSSR count). The summed E-state index contributed by atoms with van der Waals surface area (Å²) in [4.78, 5) is 29.4. The van der Waals surface area contributed by atoms with Gasteiger partial charge in [0.15, 0.2) is 0 Å². The molecule has 0 aliphatic rings. The van der Waals surface area contributed by atoms with Gasteiger partial charge in [-0.25, -0.2) is 4.79 Å². The third kappa shape index (κ3) is 7.16. The average Bonchev–Trinajstić information content (AvgIpc) is 3.14. The molecule has 1 atom stereocenters. The van der Waals surface area contributed by atoms with Gasteiger partial charge in [-0.2, -0.15) is 0 Å². The highest BCUT2D eigenvalue weighted by molar-refractivity contribution is 6.36. The second kappa shape index (κ2) is 12.0. The fourth-order valence-electron chi connectivity index (χ4n) is 3.02. The van der Waals surface area contributed by atoms with Crippen LogP contribution in [0.3, 0.4) is 0 Å². The fourth-order valence-corrected chi connectivity index (χ4v) is 3.48. The van der Waals surface area contributed by atoms with Gasteiger partial charge < -0.3 is 24.4 Å². The topological polar surface area (TPSA) is 66.8 Å². The van der Waals surface area contributed by atoms with E-state index in [9.17, 15) is 9.59 Å². The second-order valence-electron chi connectivity index (χ2n) is 7.36. The highest BCUT2D eigenvalue weighted by Crippen LogP contribution is 2.26. The van der Waals surface area contributed by atoms with Crippen LogP contribution in [0.5, 0.6) is 0 Å². The number of nitrogens with one attached hydrogen (secondary N) is 1. The number of amides is 3. The summed E-state index contributed by atoms with van der Waals surface area (Å²) in [5, 5.41) is 3.60. The van der Waals surface area contributed by atoms with Crippen LogP contribution in [0.15, 0.2) is 36.5 Å². The lowest BCUT2D eigenvalue weighted by molar-refractivity contribution is -0.133. The number of nitrogens with zero attached hydrogens (tertiary/aromatic N) is 3. The van der Waals surface area contributed by atoms with Crippen molar-refractivity contribution >= 4 is 40.8 Å². The van der Waals surface area contributed by atoms with E-state index in [2.05, 4.69) is 5.32 Å². The molecule has 1 aromatic carbocycles. The molecule has 0 aliphatic carbocycles. The number of carbonyl (C=O) groups is 2. The summed E-state index contributed by atoms with van der Waals surface area (Å²) >= 11 is 12.1. The molecule has 0 saturated heterocycles. The van der Waals surface area contributed by atoms with E-state index >= 15 is 0 Å². The van der Waals surface area contributed by atoms with Gasteiger partial charge in [0.1, 0.15) is 6.54 Å². The van der Waals surface area contributed by atoms with Gasteiger partial charge >= 0.3 is 6.03 Å². The highest BCUT2D eigenvalue weighted by atomic mass is 35.5. The molecule has 0 spiro atoms. The van der Waals surface area contributed by atoms with Crippen LogP contribution in [0.1, 0.15) is 26.0 Å². The predicted molar refractivity (Wildman–Crippen MR) is 125 cm³/mol. The van der Waals surface area contributed by atoms with Crippen LogP contribution >= 0.6 is 23.2 Å². The molecular weight excluding hydrogens is 439 g/mol. The van der Waals surface area contributed by atoms with Crippen molar-refractivity contribution in [1.82, 2.24) is 14.4 Å². The first-order chi connectivity index (χ1) is 14.8. The van der Waals surface area contributed by atoms with Crippen LogP contribution in [0.25, 0.3) is 0 Å². The highest BCUT2D eigenvalue weighted by Gasteiger charge is 2.25. The zero-order chi connectivity index (χ0) is 23.0. The van der Waals surface area contributed by atoms with E-state index in [-0.39, 0.29) is 18.5 Å². The molecule has 0 saturated carbocycles. The lowest BCUT2D eigenvalue weighted by Crippen LogP contribution is -2.48. The van der Waals surface area contributed by atoms with Crippen molar-refractivity contribution in [2.24, 2.45) is 7.05 Å². The molecule has 31 heavy (non-hydrogen) atoms. The molecule has 1 unspecified atom stereocenters. The van der Waals surface area contributed by atoms with E-state index in [1.54, 1.807) is 30.2 Å². The summed E-state index contributed by atoms with van der Waals surface area (Å²) in [6, 6.07) is 8.21. The second-order valence-corrected chi connectivity index (χ2v) is 8.20. The van der Waals surface area contributed by atoms with E-state index in [4.69, 9.17) is 27.9 Å². The van der Waals surface area contributed by atoms with Crippen molar-refractivity contribution in [1.29, 1.82) is 0 Å². The van der Waals surface area contributed by atoms with E-state index in [1.165, 1.54) is 4.90 Å². The predicted octanol–water partition coefficient (Wildman–Crippen LogP) is 4.64. The molecular formula is C22H30Cl2N4O3. The Labute approximate surface area is 193 Å². The van der Waals surface area contributed by atoms with Crippen LogP contribution < -0.4 is 5.32 Å². The van der Waals surface area contributed by atoms with Crippen molar-refractivity contribution in [3.63, 3.8) is 0 Å². The standard InChI is InChI=1S/C22H30Cl2N4O3/c1-5-16(2)28(22(30)25-20-9-8-17(23)13-19(20)24)15-21(29)27(11-12-31-4)14-18-7-6-10-26(18)3/h6-10,13,16H,5,11-12,14-15H2,1-4H3,(H,25,30). The summed E-state index contributed by atoms with van der Waals surface area (Å²) in [5.41, 5.74) is 1.44. The molecule has 0 radical (unpaired) electrons. The number of methoxy groups -OCH3 is 1. The number of anilines is 1. The first-order valence-corrected chi connectivity index (χ1v) is 10.9. The molecule has 1 N–H and O–H groups in total. The Kier molecular flexibility index (Phi) is 9.68. The SMILES string of the molecule is CCC(C)N(CC(=O)N(CCOC)Cc1cccn1C)C(=O)Nc1ccc(Cl)cc1Cl. The normalized spacial score (nSPS) is 11.8. The number of hydrogen-bond donors (Lipinski definition) is 1. The summed E-state index contributed by atoms with van der Waals surface area (Å²) in [7, 11) is 3.53. The largest absolute Gasteiger partial charge is 0.383 e. The molecule has 0 aliphatic heterocycles. The first kappa shape index (κ1) is 25.0. The Morgan fingerprint density at radius 1 is 1.26 bits per heavy atom. The number of benzene rings is 1. The van der Waals surface area contributed by atoms with Crippen LogP contribution in [0.4, 0.5) is 10.5 Å². The van der Waals surface area contributed by atoms with Crippen molar-refractivity contribution in [2.75, 3.05) is 32.1 Å². The molecule has 9 heteroatoms. The van der Waals surface area contributed by atoms with Crippen molar-refractivity contribution < 1.29 is 14.3 Å². The van der Waals surface area contributed by atoms with E-state index < -0.39 is 6.03 Å². The van der Waals surface area contributed by atoms with Gasteiger partial charge in [0.25, 0.3) is 0 Å². The Bertz CT molecular complexity index is 887. The molecule has 3 amide bonds. The molecule has 0 bridgehead atoms. The number of carbonyl (C=O) groups excluding carboxylic acids is 2. The van der Waals surface area contributed by atoms with Crippen molar-refractivity contribution in [3.05, 3.63) is 52.3 Å². The zero-order valence-electron chi connectivity index (χ0n) is 18.4. The number of ether oxygens (including phenoxy) is 1. The van der Waals surface area contributed by atoms with Gasteiger partial charge in [-0.15, -0.1) is 0 Å². The molecule has 0 fully saturated rings. The number of rotatable bonds is 10. The molecule has 1 aromatic heterocycles. The quantitative estimate of drug-likeness (QED) is 0.552. The Balaban J connectivity index is 2.16. The van der Waals surface area contributed by atoms with E-state index in [0.29, 0.717) is 41.8 Å². The maximum absolute atomic E-state index is 13.2. The number of urea groups is 1. The number of hydrogen-bond acceptors (Lipinski definition) is 3. The monoisotopic (exact) mass is 468 g/mol. The van der Waals surface area contributed by atoms with Gasteiger partial charge in [0.05, 0.1) is 23.9 Å². The Morgan fingerprint density at radius 3 is 2.58 bits per heavy atom. The van der Waals surface area contributed by atoms with Crippen molar-refractivity contribution in [2.45, 2.75) is 32.9 Å². The minimum absolute atomic E-state index is 0.0554. The van der Waals surface area contributed by atoms with Crippen LogP contribution in [0, 0.1) is 0 Å². The smallest absolute Gasteiger partial charge is 0.322 e. The molecule has 170 valence electrons. The summed E-state index contributed by atoms with van der Waals surface area (Å²) in [6.07, 6.45) is 2.63. The fraction of sp³-hybridized carbons (Fsp3) is 0.455. The third-order valence-corrected chi connectivity index (χ3v) is 5.73. The van der Waals surface area contributed by atoms with Gasteiger partial charge in [-0.05, 0) is 43.7 Å². The van der Waals surface area contributed by atoms with E-state index in [1.807, 2.05) is 43.8 Å². The van der Waals surface area contributed by atoms with Gasteiger partial charge in [0, 0.05) is 43.7 Å². The lowest BCUT2D eigenvalue weighted by Gasteiger charge is -2.31. The first-order valence-electron chi connectivity index (χ1n) is 10.2. The lowest BCUT2D eigenvalue weighted by atomic mass is 10.2. The minimum Gasteiger partial charge on any atom is -0.383 e. The summed E-state index contributed by atoms with van der Waals surface area (Å²) < 4.78 is 7.14. The summed E-state index contributed by atoms with van der Waals surface area (Å²) in [5.74, 6) is -0.157. The van der Waals surface area contributed by atoms with Crippen LogP contribution in [0.2, 0.25) is 10.0 Å². The van der Waals surface area contributed by atoms with Crippen molar-refractivity contribution in [3.8, 4) is 0 Å². The maximum atomic E-state index is 13.2. The molecule has 7 nitrogen and oxygen atoms in total.